The smallest absolute Gasteiger partial charge is 0.365 e. The lowest BCUT2D eigenvalue weighted by Gasteiger charge is -2.28. The number of aromatic amines is 1. The predicted octanol–water partition coefficient (Wildman–Crippen LogP) is 8.15. The molecule has 1 aromatic heterocycles. The van der Waals surface area contributed by atoms with Gasteiger partial charge in [-0.3, -0.25) is 0 Å². The summed E-state index contributed by atoms with van der Waals surface area (Å²) in [5.41, 5.74) is 5.17. The molecule has 1 fully saturated rings. The van der Waals surface area contributed by atoms with Crippen molar-refractivity contribution in [1.29, 1.82) is 0 Å². The highest BCUT2D eigenvalue weighted by atomic mass is 19.4. The SMILES string of the molecule is O=C(Nc1ccc(C2CC2)cc1)Nc1cc(-c2ccccc2-c2nnn[nH]2)ccc1N(CCC(F)(F)F)Cc1ccc(F)cc1. The van der Waals surface area contributed by atoms with Crippen molar-refractivity contribution >= 4 is 23.1 Å². The molecule has 1 saturated carbocycles. The second kappa shape index (κ2) is 12.8. The van der Waals surface area contributed by atoms with E-state index in [1.54, 1.807) is 18.2 Å². The molecule has 1 aliphatic carbocycles. The molecule has 0 radical (unpaired) electrons. The topological polar surface area (TPSA) is 98.8 Å². The van der Waals surface area contributed by atoms with Crippen LogP contribution in [0.4, 0.5) is 39.4 Å². The Kier molecular flexibility index (Phi) is 8.45. The molecule has 0 aliphatic heterocycles. The van der Waals surface area contributed by atoms with Crippen LogP contribution in [-0.2, 0) is 6.54 Å². The molecule has 0 atom stereocenters. The number of hydrogen-bond donors (Lipinski definition) is 3. The first-order chi connectivity index (χ1) is 21.7. The molecule has 3 N–H and O–H groups in total. The van der Waals surface area contributed by atoms with E-state index in [0.717, 1.165) is 18.4 Å². The van der Waals surface area contributed by atoms with Gasteiger partial charge in [0.2, 0.25) is 0 Å². The van der Waals surface area contributed by atoms with Crippen molar-refractivity contribution in [3.05, 3.63) is 108 Å². The summed E-state index contributed by atoms with van der Waals surface area (Å²) in [4.78, 5) is 14.8. The van der Waals surface area contributed by atoms with Crippen LogP contribution >= 0.6 is 0 Å². The minimum absolute atomic E-state index is 0.0506. The second-order valence-corrected chi connectivity index (χ2v) is 10.9. The van der Waals surface area contributed by atoms with Gasteiger partial charge in [0.05, 0.1) is 17.8 Å². The van der Waals surface area contributed by atoms with Crippen molar-refractivity contribution in [3.8, 4) is 22.5 Å². The minimum Gasteiger partial charge on any atom is -0.365 e. The summed E-state index contributed by atoms with van der Waals surface area (Å²) < 4.78 is 54.0. The van der Waals surface area contributed by atoms with E-state index in [2.05, 4.69) is 31.3 Å². The number of nitrogens with zero attached hydrogens (tertiary/aromatic N) is 4. The van der Waals surface area contributed by atoms with Crippen molar-refractivity contribution in [2.24, 2.45) is 0 Å². The van der Waals surface area contributed by atoms with Crippen molar-refractivity contribution in [1.82, 2.24) is 20.6 Å². The van der Waals surface area contributed by atoms with Gasteiger partial charge in [-0.15, -0.1) is 5.10 Å². The summed E-state index contributed by atoms with van der Waals surface area (Å²) >= 11 is 0. The molecule has 0 spiro atoms. The number of tetrazole rings is 1. The summed E-state index contributed by atoms with van der Waals surface area (Å²) in [5, 5.41) is 19.8. The fourth-order valence-corrected chi connectivity index (χ4v) is 5.19. The van der Waals surface area contributed by atoms with Crippen LogP contribution in [0.5, 0.6) is 0 Å². The molecule has 45 heavy (non-hydrogen) atoms. The maximum atomic E-state index is 13.6. The molecule has 0 bridgehead atoms. The van der Waals surface area contributed by atoms with Crippen molar-refractivity contribution in [2.75, 3.05) is 22.1 Å². The van der Waals surface area contributed by atoms with E-state index in [1.165, 1.54) is 34.7 Å². The number of benzene rings is 4. The third kappa shape index (κ3) is 7.64. The number of amides is 2. The van der Waals surface area contributed by atoms with Gasteiger partial charge in [-0.25, -0.2) is 14.3 Å². The van der Waals surface area contributed by atoms with Gasteiger partial charge in [-0.1, -0.05) is 54.6 Å². The Bertz CT molecular complexity index is 1750. The summed E-state index contributed by atoms with van der Waals surface area (Å²) in [5.74, 6) is 0.548. The van der Waals surface area contributed by atoms with E-state index in [-0.39, 0.29) is 18.8 Å². The quantitative estimate of drug-likeness (QED) is 0.138. The van der Waals surface area contributed by atoms with E-state index in [9.17, 15) is 22.4 Å². The molecule has 6 rings (SSSR count). The first kappa shape index (κ1) is 29.8. The van der Waals surface area contributed by atoms with Crippen LogP contribution in [0.2, 0.25) is 0 Å². The standard InChI is InChI=1S/C33H29F4N7O/c34-25-12-5-21(6-13-25)20-44(18-17-33(35,36)37)30-16-11-24(27-3-1-2-4-28(27)31-40-42-43-41-31)19-29(30)39-32(45)38-26-14-9-23(10-15-26)22-7-8-22/h1-6,9-16,19,22H,7-8,17-18,20H2,(H2,38,39,45)(H,40,41,42,43). The van der Waals surface area contributed by atoms with Crippen LogP contribution in [0, 0.1) is 5.82 Å². The van der Waals surface area contributed by atoms with E-state index in [0.29, 0.717) is 39.8 Å². The number of alkyl halides is 3. The zero-order chi connectivity index (χ0) is 31.4. The fourth-order valence-electron chi connectivity index (χ4n) is 5.19. The molecule has 4 aromatic carbocycles. The highest BCUT2D eigenvalue weighted by molar-refractivity contribution is 6.02. The molecular weight excluding hydrogens is 586 g/mol. The van der Waals surface area contributed by atoms with Gasteiger partial charge in [0.1, 0.15) is 5.82 Å². The summed E-state index contributed by atoms with van der Waals surface area (Å²) in [7, 11) is 0. The highest BCUT2D eigenvalue weighted by Gasteiger charge is 2.29. The second-order valence-electron chi connectivity index (χ2n) is 10.9. The van der Waals surface area contributed by atoms with E-state index >= 15 is 0 Å². The Morgan fingerprint density at radius 2 is 1.64 bits per heavy atom. The highest BCUT2D eigenvalue weighted by Crippen LogP contribution is 2.40. The molecule has 5 aromatic rings. The number of rotatable bonds is 10. The Morgan fingerprint density at radius 3 is 2.31 bits per heavy atom. The van der Waals surface area contributed by atoms with E-state index < -0.39 is 24.4 Å². The predicted molar refractivity (Wildman–Crippen MR) is 164 cm³/mol. The van der Waals surface area contributed by atoms with Crippen LogP contribution in [0.15, 0.2) is 91.0 Å². The maximum Gasteiger partial charge on any atom is 0.390 e. The molecule has 1 aliphatic rings. The van der Waals surface area contributed by atoms with Gasteiger partial charge < -0.3 is 15.5 Å². The lowest BCUT2D eigenvalue weighted by atomic mass is 9.98. The third-order valence-corrected chi connectivity index (χ3v) is 7.59. The zero-order valence-electron chi connectivity index (χ0n) is 24.0. The van der Waals surface area contributed by atoms with Crippen LogP contribution in [0.1, 0.15) is 36.3 Å². The Morgan fingerprint density at radius 1 is 0.911 bits per heavy atom. The fraction of sp³-hybridized carbons (Fsp3) is 0.212. The Hall–Kier alpha value is -5.26. The number of carbonyl (C=O) groups is 1. The summed E-state index contributed by atoms with van der Waals surface area (Å²) in [6, 6.07) is 25.1. The van der Waals surface area contributed by atoms with Gasteiger partial charge >= 0.3 is 12.2 Å². The molecule has 0 unspecified atom stereocenters. The average Bonchev–Trinajstić information content (AvgIpc) is 3.73. The minimum atomic E-state index is -4.41. The van der Waals surface area contributed by atoms with Crippen molar-refractivity contribution < 1.29 is 22.4 Å². The number of nitrogens with one attached hydrogen (secondary N) is 3. The zero-order valence-corrected chi connectivity index (χ0v) is 24.0. The van der Waals surface area contributed by atoms with Gasteiger partial charge in [0.15, 0.2) is 5.82 Å². The largest absolute Gasteiger partial charge is 0.390 e. The molecule has 0 saturated heterocycles. The average molecular weight is 616 g/mol. The summed E-state index contributed by atoms with van der Waals surface area (Å²) in [6.45, 7) is -0.339. The first-order valence-corrected chi connectivity index (χ1v) is 14.4. The number of hydrogen-bond acceptors (Lipinski definition) is 5. The van der Waals surface area contributed by atoms with Gasteiger partial charge in [-0.2, -0.15) is 13.2 Å². The van der Waals surface area contributed by atoms with Crippen LogP contribution in [0.25, 0.3) is 22.5 Å². The van der Waals surface area contributed by atoms with Crippen LogP contribution in [0.3, 0.4) is 0 Å². The molecule has 12 heteroatoms. The number of H-pyrrole nitrogens is 1. The molecule has 230 valence electrons. The number of halogens is 4. The third-order valence-electron chi connectivity index (χ3n) is 7.59. The van der Waals surface area contributed by atoms with Crippen LogP contribution < -0.4 is 15.5 Å². The normalized spacial score (nSPS) is 13.0. The van der Waals surface area contributed by atoms with Gasteiger partial charge in [0, 0.05) is 24.3 Å². The molecule has 2 amide bonds. The molecular formula is C33H29F4N7O. The van der Waals surface area contributed by atoms with Crippen LogP contribution in [-0.4, -0.2) is 39.4 Å². The summed E-state index contributed by atoms with van der Waals surface area (Å²) in [6.07, 6.45) is -3.19. The first-order valence-electron chi connectivity index (χ1n) is 14.4. The van der Waals surface area contributed by atoms with Gasteiger partial charge in [0.25, 0.3) is 0 Å². The number of carbonyl (C=O) groups excluding carboxylic acids is 1. The number of urea groups is 1. The van der Waals surface area contributed by atoms with Gasteiger partial charge in [-0.05, 0) is 87.8 Å². The Labute approximate surface area is 256 Å². The monoisotopic (exact) mass is 615 g/mol. The number of aromatic nitrogens is 4. The lowest BCUT2D eigenvalue weighted by Crippen LogP contribution is -2.29. The Balaban J connectivity index is 1.36. The van der Waals surface area contributed by atoms with E-state index in [1.807, 2.05) is 48.5 Å². The maximum absolute atomic E-state index is 13.6. The lowest BCUT2D eigenvalue weighted by molar-refractivity contribution is -0.132. The molecule has 1 heterocycles. The molecule has 8 nitrogen and oxygen atoms in total. The van der Waals surface area contributed by atoms with Crippen molar-refractivity contribution in [2.45, 2.75) is 37.9 Å². The number of anilines is 3. The van der Waals surface area contributed by atoms with Crippen molar-refractivity contribution in [3.63, 3.8) is 0 Å². The van der Waals surface area contributed by atoms with E-state index in [4.69, 9.17) is 0 Å².